The summed E-state index contributed by atoms with van der Waals surface area (Å²) in [5.41, 5.74) is 2.69. The van der Waals surface area contributed by atoms with Gasteiger partial charge in [-0.05, 0) is 49.6 Å². The molecule has 1 unspecified atom stereocenters. The van der Waals surface area contributed by atoms with Crippen LogP contribution in [0.4, 0.5) is 0 Å². The molecule has 0 bridgehead atoms. The molecule has 0 saturated carbocycles. The highest BCUT2D eigenvalue weighted by atomic mass is 79.9. The predicted octanol–water partition coefficient (Wildman–Crippen LogP) is 5.70. The number of halogens is 2. The van der Waals surface area contributed by atoms with Gasteiger partial charge in [-0.1, -0.05) is 39.7 Å². The fourth-order valence-electron chi connectivity index (χ4n) is 1.89. The van der Waals surface area contributed by atoms with Crippen LogP contribution in [0, 0.1) is 13.8 Å². The molecule has 0 aliphatic heterocycles. The highest BCUT2D eigenvalue weighted by molar-refractivity contribution is 9.09. The van der Waals surface area contributed by atoms with Crippen molar-refractivity contribution in [2.75, 3.05) is 0 Å². The Morgan fingerprint density at radius 2 is 1.88 bits per heavy atom. The third kappa shape index (κ3) is 3.34. The summed E-state index contributed by atoms with van der Waals surface area (Å²) in [6.45, 7) is 4.33. The molecule has 2 rings (SSSR count). The molecule has 0 saturated heterocycles. The van der Waals surface area contributed by atoms with E-state index in [-0.39, 0.29) is 0 Å². The summed E-state index contributed by atoms with van der Waals surface area (Å²) in [4.78, 5) is 3.19. The first-order chi connectivity index (χ1) is 8.06. The molecule has 1 heterocycles. The summed E-state index contributed by atoms with van der Waals surface area (Å²) in [6.07, 6.45) is 0.998. The maximum absolute atomic E-state index is 5.88. The Hall–Kier alpha value is -0.310. The van der Waals surface area contributed by atoms with E-state index in [1.807, 2.05) is 23.5 Å². The van der Waals surface area contributed by atoms with Crippen molar-refractivity contribution in [3.63, 3.8) is 0 Å². The summed E-state index contributed by atoms with van der Waals surface area (Å²) in [5, 5.41) is 0.794. The van der Waals surface area contributed by atoms with Gasteiger partial charge in [0.1, 0.15) is 0 Å². The molecular weight excluding hydrogens is 316 g/mol. The first-order valence-electron chi connectivity index (χ1n) is 5.51. The van der Waals surface area contributed by atoms with Gasteiger partial charge in [0.15, 0.2) is 0 Å². The Morgan fingerprint density at radius 3 is 2.41 bits per heavy atom. The van der Waals surface area contributed by atoms with Gasteiger partial charge in [-0.25, -0.2) is 0 Å². The second-order valence-corrected chi connectivity index (χ2v) is 7.03. The van der Waals surface area contributed by atoms with Crippen molar-refractivity contribution in [2.45, 2.75) is 25.1 Å². The van der Waals surface area contributed by atoms with E-state index in [4.69, 9.17) is 11.6 Å². The molecule has 3 heteroatoms. The van der Waals surface area contributed by atoms with Crippen molar-refractivity contribution in [3.8, 4) is 0 Å². The quantitative estimate of drug-likeness (QED) is 0.634. The predicted molar refractivity (Wildman–Crippen MR) is 80.6 cm³/mol. The second-order valence-electron chi connectivity index (χ2n) is 4.20. The lowest BCUT2D eigenvalue weighted by Crippen LogP contribution is -1.94. The van der Waals surface area contributed by atoms with Gasteiger partial charge in [-0.3, -0.25) is 0 Å². The van der Waals surface area contributed by atoms with Gasteiger partial charge in [0, 0.05) is 14.8 Å². The number of hydrogen-bond donors (Lipinski definition) is 0. The summed E-state index contributed by atoms with van der Waals surface area (Å²) in [6, 6.07) is 10.3. The Labute approximate surface area is 120 Å². The zero-order valence-corrected chi connectivity index (χ0v) is 13.0. The molecule has 0 nitrogen and oxygen atoms in total. The van der Waals surface area contributed by atoms with E-state index in [1.54, 1.807) is 0 Å². The van der Waals surface area contributed by atoms with Gasteiger partial charge in [0.25, 0.3) is 0 Å². The monoisotopic (exact) mass is 328 g/mol. The van der Waals surface area contributed by atoms with Crippen molar-refractivity contribution >= 4 is 38.9 Å². The maximum atomic E-state index is 5.88. The van der Waals surface area contributed by atoms with Gasteiger partial charge in [-0.2, -0.15) is 0 Å². The standard InChI is InChI=1S/C14H14BrClS/c1-9-7-10(2)17-14(9)13(15)8-11-3-5-12(16)6-4-11/h3-7,13H,8H2,1-2H3. The highest BCUT2D eigenvalue weighted by Crippen LogP contribution is 2.35. The van der Waals surface area contributed by atoms with Crippen LogP contribution in [0.3, 0.4) is 0 Å². The van der Waals surface area contributed by atoms with Crippen LogP contribution in [0.5, 0.6) is 0 Å². The van der Waals surface area contributed by atoms with Crippen molar-refractivity contribution in [1.29, 1.82) is 0 Å². The van der Waals surface area contributed by atoms with Crippen molar-refractivity contribution in [3.05, 3.63) is 56.2 Å². The molecule has 0 radical (unpaired) electrons. The minimum absolute atomic E-state index is 0.391. The topological polar surface area (TPSA) is 0 Å². The highest BCUT2D eigenvalue weighted by Gasteiger charge is 2.13. The van der Waals surface area contributed by atoms with Crippen LogP contribution in [-0.4, -0.2) is 0 Å². The molecule has 17 heavy (non-hydrogen) atoms. The number of rotatable bonds is 3. The molecule has 0 amide bonds. The molecule has 0 spiro atoms. The van der Waals surface area contributed by atoms with E-state index < -0.39 is 0 Å². The van der Waals surface area contributed by atoms with Gasteiger partial charge in [0.05, 0.1) is 4.83 Å². The van der Waals surface area contributed by atoms with E-state index in [0.29, 0.717) is 4.83 Å². The molecule has 1 aromatic carbocycles. The van der Waals surface area contributed by atoms with E-state index in [0.717, 1.165) is 11.4 Å². The minimum Gasteiger partial charge on any atom is -0.144 e. The van der Waals surface area contributed by atoms with Crippen molar-refractivity contribution in [1.82, 2.24) is 0 Å². The van der Waals surface area contributed by atoms with Crippen LogP contribution in [0.25, 0.3) is 0 Å². The first kappa shape index (κ1) is 13.1. The molecule has 0 fully saturated rings. The summed E-state index contributed by atoms with van der Waals surface area (Å²) in [7, 11) is 0. The number of alkyl halides is 1. The molecule has 2 aromatic rings. The van der Waals surface area contributed by atoms with Gasteiger partial charge in [0.2, 0.25) is 0 Å². The molecule has 1 atom stereocenters. The van der Waals surface area contributed by atoms with E-state index >= 15 is 0 Å². The Balaban J connectivity index is 2.14. The summed E-state index contributed by atoms with van der Waals surface area (Å²) < 4.78 is 0. The fraction of sp³-hybridized carbons (Fsp3) is 0.286. The van der Waals surface area contributed by atoms with Crippen molar-refractivity contribution in [2.24, 2.45) is 0 Å². The minimum atomic E-state index is 0.391. The number of thiophene rings is 1. The number of benzene rings is 1. The van der Waals surface area contributed by atoms with E-state index in [1.165, 1.54) is 20.9 Å². The average molecular weight is 330 g/mol. The lowest BCUT2D eigenvalue weighted by atomic mass is 10.1. The zero-order chi connectivity index (χ0) is 12.4. The van der Waals surface area contributed by atoms with E-state index in [9.17, 15) is 0 Å². The van der Waals surface area contributed by atoms with E-state index in [2.05, 4.69) is 48.0 Å². The van der Waals surface area contributed by atoms with Gasteiger partial charge < -0.3 is 0 Å². The third-order valence-corrected chi connectivity index (χ3v) is 5.29. The van der Waals surface area contributed by atoms with Crippen LogP contribution < -0.4 is 0 Å². The molecule has 0 aliphatic rings. The molecule has 0 aliphatic carbocycles. The smallest absolute Gasteiger partial charge is 0.0532 e. The Morgan fingerprint density at radius 1 is 1.24 bits per heavy atom. The van der Waals surface area contributed by atoms with Gasteiger partial charge >= 0.3 is 0 Å². The Kier molecular flexibility index (Phi) is 4.29. The van der Waals surface area contributed by atoms with Crippen LogP contribution in [0.1, 0.15) is 25.7 Å². The average Bonchev–Trinajstić information content (AvgIpc) is 2.61. The maximum Gasteiger partial charge on any atom is 0.0532 e. The van der Waals surface area contributed by atoms with Crippen LogP contribution in [0.15, 0.2) is 30.3 Å². The lowest BCUT2D eigenvalue weighted by Gasteiger charge is -2.09. The molecule has 1 aromatic heterocycles. The summed E-state index contributed by atoms with van der Waals surface area (Å²) >= 11 is 11.5. The SMILES string of the molecule is Cc1cc(C)c(C(Br)Cc2ccc(Cl)cc2)s1. The van der Waals surface area contributed by atoms with Crippen LogP contribution in [0.2, 0.25) is 5.02 Å². The number of aryl methyl sites for hydroxylation is 2. The molecule has 0 N–H and O–H groups in total. The zero-order valence-electron chi connectivity index (χ0n) is 9.84. The van der Waals surface area contributed by atoms with Gasteiger partial charge in [-0.15, -0.1) is 11.3 Å². The lowest BCUT2D eigenvalue weighted by molar-refractivity contribution is 0.961. The van der Waals surface area contributed by atoms with Crippen LogP contribution in [-0.2, 0) is 6.42 Å². The normalized spacial score (nSPS) is 12.7. The molecular formula is C14H14BrClS. The van der Waals surface area contributed by atoms with Crippen molar-refractivity contribution < 1.29 is 0 Å². The number of hydrogen-bond acceptors (Lipinski definition) is 1. The first-order valence-corrected chi connectivity index (χ1v) is 7.62. The Bertz CT molecular complexity index is 501. The fourth-order valence-corrected chi connectivity index (χ4v) is 4.05. The largest absolute Gasteiger partial charge is 0.144 e. The summed E-state index contributed by atoms with van der Waals surface area (Å²) in [5.74, 6) is 0. The second kappa shape index (κ2) is 5.55. The van der Waals surface area contributed by atoms with Crippen LogP contribution >= 0.6 is 38.9 Å². The third-order valence-electron chi connectivity index (χ3n) is 2.69. The molecule has 90 valence electrons.